The van der Waals surface area contributed by atoms with E-state index in [0.717, 1.165) is 49.6 Å². The number of hydrogen-bond acceptors (Lipinski definition) is 6. The minimum absolute atomic E-state index is 0.326. The van der Waals surface area contributed by atoms with Gasteiger partial charge in [0, 0.05) is 31.9 Å². The summed E-state index contributed by atoms with van der Waals surface area (Å²) < 4.78 is 42.4. The lowest BCUT2D eigenvalue weighted by Crippen LogP contribution is -2.42. The number of pyridine rings is 1. The predicted molar refractivity (Wildman–Crippen MR) is 80.3 cm³/mol. The minimum atomic E-state index is -4.35. The zero-order valence-corrected chi connectivity index (χ0v) is 13.2. The topological polar surface area (TPSA) is 67.1 Å². The summed E-state index contributed by atoms with van der Waals surface area (Å²) >= 11 is 0. The molecule has 1 N–H and O–H groups in total. The molecule has 130 valence electrons. The molecule has 2 aromatic rings. The summed E-state index contributed by atoms with van der Waals surface area (Å²) in [5.41, 5.74) is 0.843. The Morgan fingerprint density at radius 2 is 2.00 bits per heavy atom. The Balaban J connectivity index is 1.50. The number of aryl methyl sites for hydroxylation is 1. The van der Waals surface area contributed by atoms with Gasteiger partial charge in [-0.3, -0.25) is 0 Å². The number of aromatic nitrogens is 3. The molecule has 0 aliphatic carbocycles. The third kappa shape index (κ3) is 3.84. The van der Waals surface area contributed by atoms with E-state index >= 15 is 0 Å². The molecule has 0 radical (unpaired) electrons. The second-order valence-corrected chi connectivity index (χ2v) is 5.84. The van der Waals surface area contributed by atoms with Gasteiger partial charge in [-0.1, -0.05) is 10.3 Å². The van der Waals surface area contributed by atoms with Gasteiger partial charge in [0.15, 0.2) is 0 Å². The molecule has 0 unspecified atom stereocenters. The van der Waals surface area contributed by atoms with Crippen LogP contribution in [0.4, 0.5) is 19.0 Å². The highest BCUT2D eigenvalue weighted by Gasteiger charge is 2.31. The van der Waals surface area contributed by atoms with E-state index in [4.69, 9.17) is 0 Å². The summed E-state index contributed by atoms with van der Waals surface area (Å²) in [5, 5.41) is 11.0. The summed E-state index contributed by atoms with van der Waals surface area (Å²) in [6, 6.07) is 2.83. The summed E-state index contributed by atoms with van der Waals surface area (Å²) in [5.74, 6) is 0.581. The summed E-state index contributed by atoms with van der Waals surface area (Å²) in [6.45, 7) is 3.92. The third-order valence-corrected chi connectivity index (χ3v) is 4.20. The van der Waals surface area contributed by atoms with Gasteiger partial charge in [0.2, 0.25) is 0 Å². The minimum Gasteiger partial charge on any atom is -0.357 e. The van der Waals surface area contributed by atoms with Gasteiger partial charge in [-0.05, 0) is 31.9 Å². The molecule has 1 saturated heterocycles. The van der Waals surface area contributed by atoms with Crippen LogP contribution >= 0.6 is 0 Å². The first-order chi connectivity index (χ1) is 11.4. The zero-order valence-electron chi connectivity index (χ0n) is 13.2. The Morgan fingerprint density at radius 3 is 2.54 bits per heavy atom. The fourth-order valence-electron chi connectivity index (χ4n) is 2.70. The smallest absolute Gasteiger partial charge is 0.357 e. The van der Waals surface area contributed by atoms with Crippen LogP contribution in [-0.2, 0) is 12.7 Å². The Hall–Kier alpha value is -2.16. The van der Waals surface area contributed by atoms with Crippen LogP contribution in [0.25, 0.3) is 0 Å². The van der Waals surface area contributed by atoms with Crippen molar-refractivity contribution in [2.45, 2.75) is 38.5 Å². The monoisotopic (exact) mass is 341 g/mol. The second kappa shape index (κ2) is 6.76. The quantitative estimate of drug-likeness (QED) is 0.922. The van der Waals surface area contributed by atoms with Gasteiger partial charge >= 0.3 is 6.18 Å². The number of nitrogens with zero attached hydrogens (tertiary/aromatic N) is 4. The van der Waals surface area contributed by atoms with Crippen molar-refractivity contribution < 1.29 is 17.8 Å². The van der Waals surface area contributed by atoms with Crippen molar-refractivity contribution in [2.75, 3.05) is 18.0 Å². The highest BCUT2D eigenvalue weighted by Crippen LogP contribution is 2.29. The van der Waals surface area contributed by atoms with Crippen molar-refractivity contribution in [1.82, 2.24) is 20.6 Å². The maximum Gasteiger partial charge on any atom is 0.417 e. The lowest BCUT2D eigenvalue weighted by molar-refractivity contribution is -0.137. The molecule has 0 aromatic carbocycles. The number of rotatable bonds is 4. The van der Waals surface area contributed by atoms with E-state index in [9.17, 15) is 13.2 Å². The molecule has 6 nitrogen and oxygen atoms in total. The number of hydrogen-bond donors (Lipinski definition) is 1. The molecule has 0 atom stereocenters. The van der Waals surface area contributed by atoms with Gasteiger partial charge in [-0.2, -0.15) is 13.2 Å². The normalized spacial score (nSPS) is 16.6. The van der Waals surface area contributed by atoms with E-state index in [-0.39, 0.29) is 0 Å². The number of nitrogens with one attached hydrogen (secondary N) is 1. The van der Waals surface area contributed by atoms with Crippen LogP contribution in [0, 0.1) is 6.92 Å². The van der Waals surface area contributed by atoms with Crippen LogP contribution in [0.3, 0.4) is 0 Å². The van der Waals surface area contributed by atoms with Crippen molar-refractivity contribution in [3.8, 4) is 0 Å². The number of halogens is 3. The fraction of sp³-hybridized carbons (Fsp3) is 0.533. The highest BCUT2D eigenvalue weighted by atomic mass is 19.4. The maximum atomic E-state index is 12.6. The SMILES string of the molecule is Cc1nonc1CNC1CCN(c2ccc(C(F)(F)F)cn2)CC1. The Bertz CT molecular complexity index is 662. The third-order valence-electron chi connectivity index (χ3n) is 4.20. The van der Waals surface area contributed by atoms with Crippen molar-refractivity contribution in [3.63, 3.8) is 0 Å². The molecule has 0 spiro atoms. The van der Waals surface area contributed by atoms with Gasteiger partial charge in [0.1, 0.15) is 17.2 Å². The summed E-state index contributed by atoms with van der Waals surface area (Å²) in [6.07, 6.45) is -1.70. The van der Waals surface area contributed by atoms with E-state index in [1.807, 2.05) is 11.8 Å². The van der Waals surface area contributed by atoms with Crippen molar-refractivity contribution in [1.29, 1.82) is 0 Å². The van der Waals surface area contributed by atoms with Crippen LogP contribution in [0.5, 0.6) is 0 Å². The van der Waals surface area contributed by atoms with E-state index in [1.165, 1.54) is 6.07 Å². The van der Waals surface area contributed by atoms with E-state index in [0.29, 0.717) is 18.4 Å². The lowest BCUT2D eigenvalue weighted by atomic mass is 10.0. The second-order valence-electron chi connectivity index (χ2n) is 5.84. The molecule has 3 rings (SSSR count). The van der Waals surface area contributed by atoms with Crippen LogP contribution in [0.1, 0.15) is 29.8 Å². The first kappa shape index (κ1) is 16.7. The number of anilines is 1. The van der Waals surface area contributed by atoms with E-state index < -0.39 is 11.7 Å². The summed E-state index contributed by atoms with van der Waals surface area (Å²) in [7, 11) is 0. The molecule has 0 bridgehead atoms. The first-order valence-corrected chi connectivity index (χ1v) is 7.73. The Morgan fingerprint density at radius 1 is 1.25 bits per heavy atom. The van der Waals surface area contributed by atoms with Crippen molar-refractivity contribution in [2.24, 2.45) is 0 Å². The largest absolute Gasteiger partial charge is 0.417 e. The van der Waals surface area contributed by atoms with Gasteiger partial charge in [0.05, 0.1) is 5.56 Å². The maximum absolute atomic E-state index is 12.6. The molecule has 1 aliphatic heterocycles. The highest BCUT2D eigenvalue weighted by molar-refractivity contribution is 5.40. The van der Waals surface area contributed by atoms with Gasteiger partial charge in [-0.15, -0.1) is 0 Å². The number of alkyl halides is 3. The summed E-state index contributed by atoms with van der Waals surface area (Å²) in [4.78, 5) is 5.95. The molecule has 3 heterocycles. The average Bonchev–Trinajstić information content (AvgIpc) is 2.98. The molecule has 1 aliphatic rings. The van der Waals surface area contributed by atoms with Crippen LogP contribution in [0.15, 0.2) is 23.0 Å². The first-order valence-electron chi connectivity index (χ1n) is 7.73. The molecule has 0 saturated carbocycles. The van der Waals surface area contributed by atoms with Crippen LogP contribution in [-0.4, -0.2) is 34.4 Å². The fourth-order valence-corrected chi connectivity index (χ4v) is 2.70. The average molecular weight is 341 g/mol. The van der Waals surface area contributed by atoms with Crippen molar-refractivity contribution >= 4 is 5.82 Å². The molecule has 0 amide bonds. The molecule has 1 fully saturated rings. The van der Waals surface area contributed by atoms with Gasteiger partial charge in [-0.25, -0.2) is 9.61 Å². The molecular formula is C15H18F3N5O. The Kier molecular flexibility index (Phi) is 4.70. The van der Waals surface area contributed by atoms with Crippen LogP contribution in [0.2, 0.25) is 0 Å². The number of piperidine rings is 1. The molecular weight excluding hydrogens is 323 g/mol. The Labute approximate surface area is 137 Å². The van der Waals surface area contributed by atoms with Crippen LogP contribution < -0.4 is 10.2 Å². The lowest BCUT2D eigenvalue weighted by Gasteiger charge is -2.33. The molecule has 2 aromatic heterocycles. The van der Waals surface area contributed by atoms with Crippen molar-refractivity contribution in [3.05, 3.63) is 35.3 Å². The van der Waals surface area contributed by atoms with Gasteiger partial charge < -0.3 is 10.2 Å². The van der Waals surface area contributed by atoms with E-state index in [1.54, 1.807) is 0 Å². The molecule has 24 heavy (non-hydrogen) atoms. The standard InChI is InChI=1S/C15H18F3N5O/c1-10-13(22-24-21-10)9-19-12-4-6-23(7-5-12)14-3-2-11(8-20-14)15(16,17)18/h2-3,8,12,19H,4-7,9H2,1H3. The van der Waals surface area contributed by atoms with E-state index in [2.05, 4.69) is 25.2 Å². The predicted octanol–water partition coefficient (Wildman–Crippen LogP) is 2.55. The zero-order chi connectivity index (χ0) is 17.2. The van der Waals surface area contributed by atoms with Gasteiger partial charge in [0.25, 0.3) is 0 Å². The molecule has 9 heteroatoms.